The molecule has 1 saturated carbocycles. The van der Waals surface area contributed by atoms with Crippen LogP contribution in [0.1, 0.15) is 36.5 Å². The summed E-state index contributed by atoms with van der Waals surface area (Å²) in [6, 6.07) is 5.39. The van der Waals surface area contributed by atoms with Gasteiger partial charge >= 0.3 is 0 Å². The molecule has 3 rings (SSSR count). The van der Waals surface area contributed by atoms with E-state index in [1.165, 1.54) is 0 Å². The first-order valence-corrected chi connectivity index (χ1v) is 6.67. The van der Waals surface area contributed by atoms with Gasteiger partial charge in [-0.3, -0.25) is 9.59 Å². The van der Waals surface area contributed by atoms with Crippen molar-refractivity contribution in [1.29, 1.82) is 0 Å². The van der Waals surface area contributed by atoms with Crippen molar-refractivity contribution in [1.82, 2.24) is 0 Å². The van der Waals surface area contributed by atoms with Crippen LogP contribution in [0.5, 0.6) is 5.75 Å². The number of ketones is 1. The highest BCUT2D eigenvalue weighted by Gasteiger charge is 2.32. The summed E-state index contributed by atoms with van der Waals surface area (Å²) >= 11 is 0. The van der Waals surface area contributed by atoms with E-state index in [2.05, 4.69) is 0 Å². The predicted octanol–water partition coefficient (Wildman–Crippen LogP) is 2.41. The molecule has 1 fully saturated rings. The topological polar surface area (TPSA) is 46.6 Å². The molecular weight excluding hydrogens is 242 g/mol. The molecule has 1 amide bonds. The van der Waals surface area contributed by atoms with Crippen molar-refractivity contribution in [3.05, 3.63) is 23.8 Å². The minimum Gasteiger partial charge on any atom is -0.488 e. The van der Waals surface area contributed by atoms with Crippen LogP contribution < -0.4 is 9.64 Å². The summed E-state index contributed by atoms with van der Waals surface area (Å²) in [6.45, 7) is 1.88. The summed E-state index contributed by atoms with van der Waals surface area (Å²) in [5, 5.41) is 0. The van der Waals surface area contributed by atoms with Crippen LogP contribution in [0, 0.1) is 5.92 Å². The van der Waals surface area contributed by atoms with E-state index in [0.29, 0.717) is 23.4 Å². The summed E-state index contributed by atoms with van der Waals surface area (Å²) < 4.78 is 5.73. The van der Waals surface area contributed by atoms with Crippen molar-refractivity contribution < 1.29 is 14.3 Å². The molecule has 1 aliphatic carbocycles. The number of hydrogen-bond donors (Lipinski definition) is 0. The van der Waals surface area contributed by atoms with E-state index in [9.17, 15) is 9.59 Å². The number of benzene rings is 1. The monoisotopic (exact) mass is 259 g/mol. The lowest BCUT2D eigenvalue weighted by Gasteiger charge is -2.17. The number of carbonyl (C=O) groups excluding carboxylic acids is 2. The molecule has 1 aliphatic heterocycles. The molecule has 2 aliphatic rings. The van der Waals surface area contributed by atoms with Gasteiger partial charge in [0, 0.05) is 18.5 Å². The predicted molar refractivity (Wildman–Crippen MR) is 71.6 cm³/mol. The van der Waals surface area contributed by atoms with Crippen molar-refractivity contribution in [2.75, 3.05) is 11.9 Å². The third-order valence-electron chi connectivity index (χ3n) is 3.72. The van der Waals surface area contributed by atoms with Crippen molar-refractivity contribution >= 4 is 17.4 Å². The van der Waals surface area contributed by atoms with Gasteiger partial charge in [-0.15, -0.1) is 0 Å². The van der Waals surface area contributed by atoms with Gasteiger partial charge in [0.15, 0.2) is 5.78 Å². The largest absolute Gasteiger partial charge is 0.488 e. The molecule has 4 nitrogen and oxygen atoms in total. The summed E-state index contributed by atoms with van der Waals surface area (Å²) in [4.78, 5) is 25.6. The molecule has 0 bridgehead atoms. The van der Waals surface area contributed by atoms with Crippen molar-refractivity contribution in [3.63, 3.8) is 0 Å². The highest BCUT2D eigenvalue weighted by atomic mass is 16.5. The van der Waals surface area contributed by atoms with Crippen LogP contribution >= 0.6 is 0 Å². The third kappa shape index (κ3) is 2.23. The van der Waals surface area contributed by atoms with E-state index in [0.717, 1.165) is 12.8 Å². The number of fused-ring (bicyclic) bond motifs is 1. The Morgan fingerprint density at radius 2 is 2.11 bits per heavy atom. The highest BCUT2D eigenvalue weighted by Crippen LogP contribution is 2.37. The fourth-order valence-corrected chi connectivity index (χ4v) is 2.39. The van der Waals surface area contributed by atoms with Gasteiger partial charge in [-0.25, -0.2) is 0 Å². The Labute approximate surface area is 112 Å². The van der Waals surface area contributed by atoms with Gasteiger partial charge in [0.25, 0.3) is 0 Å². The molecule has 19 heavy (non-hydrogen) atoms. The first-order chi connectivity index (χ1) is 9.06. The summed E-state index contributed by atoms with van der Waals surface area (Å²) in [7, 11) is 1.73. The van der Waals surface area contributed by atoms with E-state index in [4.69, 9.17) is 4.74 Å². The summed E-state index contributed by atoms with van der Waals surface area (Å²) in [5.41, 5.74) is 1.37. The smallest absolute Gasteiger partial charge is 0.230 e. The Hall–Kier alpha value is -1.84. The SMILES string of the molecule is CC1CC(=O)N(C)c2cc(C(=O)C3CC3)ccc2O1. The maximum Gasteiger partial charge on any atom is 0.230 e. The molecule has 0 radical (unpaired) electrons. The Morgan fingerprint density at radius 1 is 1.37 bits per heavy atom. The van der Waals surface area contributed by atoms with Gasteiger partial charge in [0.2, 0.25) is 5.91 Å². The van der Waals surface area contributed by atoms with Crippen LogP contribution in [0.3, 0.4) is 0 Å². The number of carbonyl (C=O) groups is 2. The van der Waals surface area contributed by atoms with Crippen LogP contribution in [0.4, 0.5) is 5.69 Å². The van der Waals surface area contributed by atoms with Gasteiger partial charge in [-0.2, -0.15) is 0 Å². The second-order valence-electron chi connectivity index (χ2n) is 5.41. The Morgan fingerprint density at radius 3 is 2.79 bits per heavy atom. The quantitative estimate of drug-likeness (QED) is 0.766. The van der Waals surface area contributed by atoms with Crippen LogP contribution in [0.15, 0.2) is 18.2 Å². The molecule has 0 N–H and O–H groups in total. The lowest BCUT2D eigenvalue weighted by atomic mass is 10.1. The average Bonchev–Trinajstić information content (AvgIpc) is 3.21. The second-order valence-corrected chi connectivity index (χ2v) is 5.41. The van der Waals surface area contributed by atoms with Crippen LogP contribution in [-0.4, -0.2) is 24.8 Å². The van der Waals surface area contributed by atoms with E-state index >= 15 is 0 Å². The van der Waals surface area contributed by atoms with E-state index < -0.39 is 0 Å². The van der Waals surface area contributed by atoms with E-state index in [1.807, 2.05) is 6.92 Å². The van der Waals surface area contributed by atoms with Crippen molar-refractivity contribution in [3.8, 4) is 5.75 Å². The third-order valence-corrected chi connectivity index (χ3v) is 3.72. The first-order valence-electron chi connectivity index (χ1n) is 6.67. The minimum absolute atomic E-state index is 0.0160. The Bertz CT molecular complexity index is 548. The normalized spacial score (nSPS) is 22.5. The minimum atomic E-state index is -0.138. The maximum absolute atomic E-state index is 12.1. The Kier molecular flexibility index (Phi) is 2.81. The fraction of sp³-hybridized carbons (Fsp3) is 0.467. The zero-order valence-corrected chi connectivity index (χ0v) is 11.2. The number of nitrogens with zero attached hydrogens (tertiary/aromatic N) is 1. The molecular formula is C15H17NO3. The average molecular weight is 259 g/mol. The molecule has 100 valence electrons. The van der Waals surface area contributed by atoms with Crippen molar-refractivity contribution in [2.24, 2.45) is 5.92 Å². The zero-order valence-electron chi connectivity index (χ0n) is 11.2. The molecule has 1 atom stereocenters. The molecule has 0 aromatic heterocycles. The van der Waals surface area contributed by atoms with Crippen LogP contribution in [0.25, 0.3) is 0 Å². The molecule has 0 spiro atoms. The number of ether oxygens (including phenoxy) is 1. The van der Waals surface area contributed by atoms with Gasteiger partial charge in [0.05, 0.1) is 12.1 Å². The molecule has 1 unspecified atom stereocenters. The maximum atomic E-state index is 12.1. The van der Waals surface area contributed by atoms with E-state index in [-0.39, 0.29) is 23.7 Å². The first kappa shape index (κ1) is 12.2. The molecule has 4 heteroatoms. The highest BCUT2D eigenvalue weighted by molar-refractivity contribution is 6.02. The number of rotatable bonds is 2. The zero-order chi connectivity index (χ0) is 13.6. The summed E-state index contributed by atoms with van der Waals surface area (Å²) in [6.07, 6.45) is 2.19. The number of amides is 1. The van der Waals surface area contributed by atoms with Crippen LogP contribution in [0.2, 0.25) is 0 Å². The standard InChI is InChI=1S/C15H17NO3/c1-9-7-14(17)16(2)12-8-11(5-6-13(12)19-9)15(18)10-3-4-10/h5-6,8-10H,3-4,7H2,1-2H3. The van der Waals surface area contributed by atoms with Gasteiger partial charge in [0.1, 0.15) is 11.9 Å². The van der Waals surface area contributed by atoms with Gasteiger partial charge in [-0.05, 0) is 38.0 Å². The van der Waals surface area contributed by atoms with Crippen molar-refractivity contribution in [2.45, 2.75) is 32.3 Å². The number of Topliss-reactive ketones (excluding diaryl/α,β-unsaturated/α-hetero) is 1. The van der Waals surface area contributed by atoms with Gasteiger partial charge < -0.3 is 9.64 Å². The molecule has 1 aromatic carbocycles. The lowest BCUT2D eigenvalue weighted by Crippen LogP contribution is -2.27. The number of anilines is 1. The molecule has 1 heterocycles. The second kappa shape index (κ2) is 4.37. The fourth-order valence-electron chi connectivity index (χ4n) is 2.39. The lowest BCUT2D eigenvalue weighted by molar-refractivity contribution is -0.119. The Balaban J connectivity index is 2.00. The molecule has 0 saturated heterocycles. The van der Waals surface area contributed by atoms with E-state index in [1.54, 1.807) is 30.1 Å². The van der Waals surface area contributed by atoms with Gasteiger partial charge in [-0.1, -0.05) is 0 Å². The molecule has 1 aromatic rings. The number of hydrogen-bond acceptors (Lipinski definition) is 3. The summed E-state index contributed by atoms with van der Waals surface area (Å²) in [5.74, 6) is 1.06. The van der Waals surface area contributed by atoms with Crippen LogP contribution in [-0.2, 0) is 4.79 Å².